The van der Waals surface area contributed by atoms with Gasteiger partial charge in [0.25, 0.3) is 0 Å². The third-order valence-corrected chi connectivity index (χ3v) is 5.72. The van der Waals surface area contributed by atoms with Crippen LogP contribution in [0.3, 0.4) is 0 Å². The lowest BCUT2D eigenvalue weighted by Gasteiger charge is -2.15. The van der Waals surface area contributed by atoms with Gasteiger partial charge in [-0.2, -0.15) is 11.8 Å². The first-order valence-electron chi connectivity index (χ1n) is 6.84. The molecule has 0 amide bonds. The van der Waals surface area contributed by atoms with Gasteiger partial charge in [0.1, 0.15) is 5.82 Å². The zero-order valence-corrected chi connectivity index (χ0v) is 13.7. The van der Waals surface area contributed by atoms with Crippen LogP contribution in [0.25, 0.3) is 11.0 Å². The van der Waals surface area contributed by atoms with Gasteiger partial charge in [-0.25, -0.2) is 9.37 Å². The highest BCUT2D eigenvalue weighted by atomic mass is 79.9. The maximum atomic E-state index is 13.6. The third-order valence-electron chi connectivity index (χ3n) is 3.88. The number of nitrogen functional groups attached to an aromatic ring is 1. The second-order valence-electron chi connectivity index (χ2n) is 5.14. The Balaban J connectivity index is 1.99. The van der Waals surface area contributed by atoms with Crippen LogP contribution in [-0.2, 0) is 0 Å². The molecule has 1 aliphatic carbocycles. The van der Waals surface area contributed by atoms with Crippen molar-refractivity contribution in [1.29, 1.82) is 0 Å². The van der Waals surface area contributed by atoms with Crippen molar-refractivity contribution in [1.82, 2.24) is 9.55 Å². The number of rotatable bonds is 3. The molecule has 6 heteroatoms. The Bertz CT molecular complexity index is 643. The molecule has 0 bridgehead atoms. The summed E-state index contributed by atoms with van der Waals surface area (Å²) >= 11 is 5.26. The second-order valence-corrected chi connectivity index (χ2v) is 7.57. The fourth-order valence-corrected chi connectivity index (χ4v) is 4.50. The van der Waals surface area contributed by atoms with Crippen molar-refractivity contribution >= 4 is 44.7 Å². The fraction of sp³-hybridized carbons (Fsp3) is 0.500. The van der Waals surface area contributed by atoms with Gasteiger partial charge in [0.05, 0.1) is 15.5 Å². The first-order chi connectivity index (χ1) is 9.60. The molecule has 3 rings (SSSR count). The minimum absolute atomic E-state index is 0.298. The molecule has 1 aromatic carbocycles. The third kappa shape index (κ3) is 2.44. The summed E-state index contributed by atoms with van der Waals surface area (Å²) in [7, 11) is 0. The van der Waals surface area contributed by atoms with Crippen molar-refractivity contribution in [2.75, 3.05) is 11.5 Å². The minimum atomic E-state index is -0.298. The standard InChI is InChI=1S/C14H17BrFN3S/c1-2-20-9-4-3-8(5-9)19-13-6-10(15)11(16)7-12(13)18-14(19)17/h6-9H,2-5H2,1H3,(H2,17,18). The highest BCUT2D eigenvalue weighted by Gasteiger charge is 2.28. The van der Waals surface area contributed by atoms with E-state index >= 15 is 0 Å². The van der Waals surface area contributed by atoms with Gasteiger partial charge >= 0.3 is 0 Å². The maximum absolute atomic E-state index is 13.6. The highest BCUT2D eigenvalue weighted by molar-refractivity contribution is 9.10. The van der Waals surface area contributed by atoms with Gasteiger partial charge in [0.15, 0.2) is 0 Å². The molecule has 0 aliphatic heterocycles. The predicted octanol–water partition coefficient (Wildman–Crippen LogP) is 4.37. The molecule has 0 spiro atoms. The van der Waals surface area contributed by atoms with Crippen molar-refractivity contribution in [2.45, 2.75) is 37.5 Å². The van der Waals surface area contributed by atoms with Crippen LogP contribution in [0.1, 0.15) is 32.2 Å². The lowest BCUT2D eigenvalue weighted by Crippen LogP contribution is -2.09. The van der Waals surface area contributed by atoms with Gasteiger partial charge in [-0.3, -0.25) is 0 Å². The van der Waals surface area contributed by atoms with E-state index in [9.17, 15) is 4.39 Å². The topological polar surface area (TPSA) is 43.8 Å². The van der Waals surface area contributed by atoms with Crippen molar-refractivity contribution in [2.24, 2.45) is 0 Å². The zero-order valence-electron chi connectivity index (χ0n) is 11.3. The van der Waals surface area contributed by atoms with E-state index in [1.54, 1.807) is 6.07 Å². The van der Waals surface area contributed by atoms with E-state index in [-0.39, 0.29) is 5.82 Å². The Hall–Kier alpha value is -0.750. The van der Waals surface area contributed by atoms with Gasteiger partial charge < -0.3 is 10.3 Å². The number of anilines is 1. The molecule has 108 valence electrons. The molecule has 1 aromatic heterocycles. The maximum Gasteiger partial charge on any atom is 0.201 e. The lowest BCUT2D eigenvalue weighted by atomic mass is 10.2. The molecule has 1 saturated carbocycles. The molecule has 1 heterocycles. The van der Waals surface area contributed by atoms with Crippen LogP contribution in [0.15, 0.2) is 16.6 Å². The SMILES string of the molecule is CCSC1CCC(n2c(N)nc3cc(F)c(Br)cc32)C1. The van der Waals surface area contributed by atoms with E-state index in [1.807, 2.05) is 11.8 Å². The molecular formula is C14H17BrFN3S. The Morgan fingerprint density at radius 1 is 1.50 bits per heavy atom. The van der Waals surface area contributed by atoms with E-state index in [0.29, 0.717) is 27.2 Å². The Morgan fingerprint density at radius 2 is 2.30 bits per heavy atom. The number of thioether (sulfide) groups is 1. The average molecular weight is 358 g/mol. The van der Waals surface area contributed by atoms with Gasteiger partial charge in [-0.15, -0.1) is 0 Å². The van der Waals surface area contributed by atoms with Gasteiger partial charge in [0.2, 0.25) is 5.95 Å². The summed E-state index contributed by atoms with van der Waals surface area (Å²) in [5.41, 5.74) is 7.61. The summed E-state index contributed by atoms with van der Waals surface area (Å²) in [6.45, 7) is 2.19. The Morgan fingerprint density at radius 3 is 3.05 bits per heavy atom. The van der Waals surface area contributed by atoms with Crippen LogP contribution >= 0.6 is 27.7 Å². The quantitative estimate of drug-likeness (QED) is 0.886. The van der Waals surface area contributed by atoms with Crippen LogP contribution in [0.5, 0.6) is 0 Å². The molecule has 1 aliphatic rings. The molecule has 0 saturated heterocycles. The molecule has 20 heavy (non-hydrogen) atoms. The number of imidazole rings is 1. The van der Waals surface area contributed by atoms with Crippen LogP contribution in [0, 0.1) is 5.82 Å². The van der Waals surface area contributed by atoms with Crippen LogP contribution in [0.2, 0.25) is 0 Å². The van der Waals surface area contributed by atoms with Crippen molar-refractivity contribution in [3.05, 3.63) is 22.4 Å². The first-order valence-corrected chi connectivity index (χ1v) is 8.68. The average Bonchev–Trinajstić information content (AvgIpc) is 2.95. The summed E-state index contributed by atoms with van der Waals surface area (Å²) in [4.78, 5) is 4.30. The largest absolute Gasteiger partial charge is 0.369 e. The summed E-state index contributed by atoms with van der Waals surface area (Å²) in [5, 5.41) is 0.700. The molecule has 2 atom stereocenters. The Kier molecular flexibility index (Phi) is 3.95. The number of hydrogen-bond acceptors (Lipinski definition) is 3. The predicted molar refractivity (Wildman–Crippen MR) is 86.6 cm³/mol. The van der Waals surface area contributed by atoms with E-state index in [4.69, 9.17) is 5.73 Å². The highest BCUT2D eigenvalue weighted by Crippen LogP contribution is 2.40. The molecule has 3 nitrogen and oxygen atoms in total. The number of halogens is 2. The number of hydrogen-bond donors (Lipinski definition) is 1. The summed E-state index contributed by atoms with van der Waals surface area (Å²) in [6.07, 6.45) is 3.44. The molecule has 1 fully saturated rings. The molecule has 2 aromatic rings. The number of nitrogens with two attached hydrogens (primary N) is 1. The zero-order chi connectivity index (χ0) is 14.3. The van der Waals surface area contributed by atoms with Gasteiger partial charge in [-0.05, 0) is 47.0 Å². The molecule has 0 radical (unpaired) electrons. The van der Waals surface area contributed by atoms with Crippen molar-refractivity contribution in [3.8, 4) is 0 Å². The number of benzene rings is 1. The van der Waals surface area contributed by atoms with Crippen LogP contribution in [-0.4, -0.2) is 20.6 Å². The van der Waals surface area contributed by atoms with Crippen molar-refractivity contribution in [3.63, 3.8) is 0 Å². The molecule has 2 unspecified atom stereocenters. The second kappa shape index (κ2) is 5.56. The summed E-state index contributed by atoms with van der Waals surface area (Å²) in [5.74, 6) is 1.34. The normalized spacial score (nSPS) is 22.8. The van der Waals surface area contributed by atoms with Gasteiger partial charge in [0, 0.05) is 17.4 Å². The fourth-order valence-electron chi connectivity index (χ4n) is 3.03. The smallest absolute Gasteiger partial charge is 0.201 e. The van der Waals surface area contributed by atoms with E-state index in [1.165, 1.54) is 12.5 Å². The van der Waals surface area contributed by atoms with Crippen LogP contribution < -0.4 is 5.73 Å². The van der Waals surface area contributed by atoms with Gasteiger partial charge in [-0.1, -0.05) is 6.92 Å². The number of aromatic nitrogens is 2. The minimum Gasteiger partial charge on any atom is -0.369 e. The number of fused-ring (bicyclic) bond motifs is 1. The number of nitrogens with zero attached hydrogens (tertiary/aromatic N) is 2. The van der Waals surface area contributed by atoms with E-state index in [2.05, 4.69) is 32.4 Å². The first kappa shape index (κ1) is 14.2. The van der Waals surface area contributed by atoms with Crippen molar-refractivity contribution < 1.29 is 4.39 Å². The van der Waals surface area contributed by atoms with Crippen LogP contribution in [0.4, 0.5) is 10.3 Å². The Labute approximate surface area is 130 Å². The molecule has 2 N–H and O–H groups in total. The summed E-state index contributed by atoms with van der Waals surface area (Å²) in [6, 6.07) is 3.61. The summed E-state index contributed by atoms with van der Waals surface area (Å²) < 4.78 is 16.1. The monoisotopic (exact) mass is 357 g/mol. The van der Waals surface area contributed by atoms with E-state index < -0.39 is 0 Å². The molecular weight excluding hydrogens is 341 g/mol. The van der Waals surface area contributed by atoms with E-state index in [0.717, 1.165) is 24.1 Å². The lowest BCUT2D eigenvalue weighted by molar-refractivity contribution is 0.540.